The first-order valence-electron chi connectivity index (χ1n) is 11.5. The van der Waals surface area contributed by atoms with Gasteiger partial charge < -0.3 is 14.7 Å². The van der Waals surface area contributed by atoms with E-state index in [4.69, 9.17) is 4.74 Å². The standard InChI is InChI=1S/C29H28N2O4/c1-4-17-35-24-11-9-23(10-12-24)27(32)25-26(22-7-5-21(6-8-22)19(2)3)31(29(34)28(25)33)18-20-13-15-30-16-14-20/h4-16,19,26,32H,1,17-18H2,2-3H3/t26-/m0/s1. The van der Waals surface area contributed by atoms with Gasteiger partial charge in [-0.1, -0.05) is 50.8 Å². The van der Waals surface area contributed by atoms with Crippen LogP contribution in [0, 0.1) is 0 Å². The minimum Gasteiger partial charge on any atom is -0.507 e. The number of Topliss-reactive ketones (excluding diaryl/α,β-unsaturated/α-hetero) is 1. The highest BCUT2D eigenvalue weighted by molar-refractivity contribution is 6.46. The number of ether oxygens (including phenoxy) is 1. The summed E-state index contributed by atoms with van der Waals surface area (Å²) in [5.41, 5.74) is 3.25. The fourth-order valence-electron chi connectivity index (χ4n) is 4.16. The number of pyridine rings is 1. The number of amides is 1. The molecule has 6 heteroatoms. The second-order valence-corrected chi connectivity index (χ2v) is 8.73. The highest BCUT2D eigenvalue weighted by Gasteiger charge is 2.46. The molecule has 1 fully saturated rings. The molecule has 35 heavy (non-hydrogen) atoms. The van der Waals surface area contributed by atoms with E-state index in [9.17, 15) is 14.7 Å². The summed E-state index contributed by atoms with van der Waals surface area (Å²) in [5, 5.41) is 11.2. The van der Waals surface area contributed by atoms with E-state index in [0.717, 1.165) is 16.7 Å². The van der Waals surface area contributed by atoms with Gasteiger partial charge in [0.1, 0.15) is 18.1 Å². The van der Waals surface area contributed by atoms with Crippen LogP contribution in [0.15, 0.2) is 91.3 Å². The zero-order valence-corrected chi connectivity index (χ0v) is 19.8. The summed E-state index contributed by atoms with van der Waals surface area (Å²) in [7, 11) is 0. The molecule has 0 saturated carbocycles. The number of ketones is 1. The molecule has 1 aliphatic heterocycles. The zero-order valence-electron chi connectivity index (χ0n) is 19.8. The Kier molecular flexibility index (Phi) is 7.11. The van der Waals surface area contributed by atoms with Crippen LogP contribution in [0.5, 0.6) is 5.75 Å². The molecule has 2 aromatic carbocycles. The van der Waals surface area contributed by atoms with E-state index in [0.29, 0.717) is 23.8 Å². The van der Waals surface area contributed by atoms with E-state index >= 15 is 0 Å². The van der Waals surface area contributed by atoms with E-state index in [1.54, 1.807) is 54.9 Å². The quantitative estimate of drug-likeness (QED) is 0.207. The predicted octanol–water partition coefficient (Wildman–Crippen LogP) is 5.39. The van der Waals surface area contributed by atoms with Crippen molar-refractivity contribution in [2.24, 2.45) is 0 Å². The van der Waals surface area contributed by atoms with Crippen LogP contribution in [0.4, 0.5) is 0 Å². The van der Waals surface area contributed by atoms with Gasteiger partial charge in [-0.05, 0) is 59.0 Å². The third-order valence-corrected chi connectivity index (χ3v) is 6.06. The smallest absolute Gasteiger partial charge is 0.295 e. The van der Waals surface area contributed by atoms with Crippen molar-refractivity contribution in [1.29, 1.82) is 0 Å². The number of aliphatic hydroxyl groups excluding tert-OH is 1. The van der Waals surface area contributed by atoms with E-state index in [1.807, 2.05) is 24.3 Å². The molecule has 0 aliphatic carbocycles. The van der Waals surface area contributed by atoms with Gasteiger partial charge in [-0.25, -0.2) is 0 Å². The van der Waals surface area contributed by atoms with E-state index in [1.165, 1.54) is 4.90 Å². The Morgan fingerprint density at radius 1 is 1.06 bits per heavy atom. The van der Waals surface area contributed by atoms with E-state index < -0.39 is 17.7 Å². The number of likely N-dealkylation sites (tertiary alicyclic amines) is 1. The van der Waals surface area contributed by atoms with Gasteiger partial charge in [0, 0.05) is 24.5 Å². The molecule has 0 spiro atoms. The van der Waals surface area contributed by atoms with Gasteiger partial charge >= 0.3 is 0 Å². The topological polar surface area (TPSA) is 79.7 Å². The summed E-state index contributed by atoms with van der Waals surface area (Å²) in [6.07, 6.45) is 4.94. The molecule has 1 aromatic heterocycles. The number of aliphatic hydroxyl groups is 1. The highest BCUT2D eigenvalue weighted by atomic mass is 16.5. The van der Waals surface area contributed by atoms with Gasteiger partial charge in [-0.2, -0.15) is 0 Å². The summed E-state index contributed by atoms with van der Waals surface area (Å²) >= 11 is 0. The Labute approximate surface area is 205 Å². The van der Waals surface area contributed by atoms with Crippen LogP contribution in [0.2, 0.25) is 0 Å². The first-order valence-corrected chi connectivity index (χ1v) is 11.5. The van der Waals surface area contributed by atoms with Gasteiger partial charge in [-0.3, -0.25) is 14.6 Å². The number of hydrogen-bond donors (Lipinski definition) is 1. The molecule has 0 unspecified atom stereocenters. The Bertz CT molecular complexity index is 1250. The maximum absolute atomic E-state index is 13.2. The second-order valence-electron chi connectivity index (χ2n) is 8.73. The number of carbonyl (C=O) groups excluding carboxylic acids is 2. The van der Waals surface area contributed by atoms with E-state index in [2.05, 4.69) is 25.4 Å². The van der Waals surface area contributed by atoms with Crippen molar-refractivity contribution < 1.29 is 19.4 Å². The number of hydrogen-bond acceptors (Lipinski definition) is 5. The third-order valence-electron chi connectivity index (χ3n) is 6.06. The average molecular weight is 469 g/mol. The Morgan fingerprint density at radius 2 is 1.71 bits per heavy atom. The van der Waals surface area contributed by atoms with Crippen LogP contribution >= 0.6 is 0 Å². The van der Waals surface area contributed by atoms with Crippen molar-refractivity contribution in [3.05, 3.63) is 114 Å². The van der Waals surface area contributed by atoms with Crippen molar-refractivity contribution in [2.45, 2.75) is 32.4 Å². The lowest BCUT2D eigenvalue weighted by molar-refractivity contribution is -0.140. The zero-order chi connectivity index (χ0) is 24.9. The molecule has 1 amide bonds. The molecular weight excluding hydrogens is 440 g/mol. The van der Waals surface area contributed by atoms with Gasteiger partial charge in [-0.15, -0.1) is 0 Å². The van der Waals surface area contributed by atoms with Crippen LogP contribution in [-0.4, -0.2) is 33.3 Å². The molecule has 1 N–H and O–H groups in total. The lowest BCUT2D eigenvalue weighted by Crippen LogP contribution is -2.29. The number of carbonyl (C=O) groups is 2. The maximum Gasteiger partial charge on any atom is 0.295 e. The lowest BCUT2D eigenvalue weighted by atomic mass is 9.93. The van der Waals surface area contributed by atoms with Crippen LogP contribution in [0.3, 0.4) is 0 Å². The predicted molar refractivity (Wildman–Crippen MR) is 135 cm³/mol. The highest BCUT2D eigenvalue weighted by Crippen LogP contribution is 2.40. The lowest BCUT2D eigenvalue weighted by Gasteiger charge is -2.25. The number of nitrogens with zero attached hydrogens (tertiary/aromatic N) is 2. The second kappa shape index (κ2) is 10.4. The fraction of sp³-hybridized carbons (Fsp3) is 0.207. The first kappa shape index (κ1) is 24.0. The van der Waals surface area contributed by atoms with Crippen LogP contribution < -0.4 is 4.74 Å². The average Bonchev–Trinajstić information content (AvgIpc) is 3.13. The van der Waals surface area contributed by atoms with Crippen molar-refractivity contribution in [3.8, 4) is 5.75 Å². The minimum atomic E-state index is -0.721. The molecule has 0 bridgehead atoms. The molecule has 2 heterocycles. The Balaban J connectivity index is 1.79. The monoisotopic (exact) mass is 468 g/mol. The molecule has 1 aliphatic rings. The van der Waals surface area contributed by atoms with Crippen LogP contribution in [-0.2, 0) is 16.1 Å². The first-order chi connectivity index (χ1) is 16.9. The molecule has 6 nitrogen and oxygen atoms in total. The van der Waals surface area contributed by atoms with Gasteiger partial charge in [0.05, 0.1) is 11.6 Å². The Morgan fingerprint density at radius 3 is 2.31 bits per heavy atom. The third kappa shape index (κ3) is 5.01. The molecule has 1 atom stereocenters. The molecule has 178 valence electrons. The number of benzene rings is 2. The molecule has 4 rings (SSSR count). The van der Waals surface area contributed by atoms with Crippen LogP contribution in [0.25, 0.3) is 5.76 Å². The summed E-state index contributed by atoms with van der Waals surface area (Å²) in [6, 6.07) is 17.5. The fourth-order valence-corrected chi connectivity index (χ4v) is 4.16. The number of rotatable bonds is 8. The Hall–Kier alpha value is -4.19. The van der Waals surface area contributed by atoms with Crippen molar-refractivity contribution >= 4 is 17.4 Å². The molecule has 3 aromatic rings. The van der Waals surface area contributed by atoms with Crippen molar-refractivity contribution in [3.63, 3.8) is 0 Å². The number of aromatic nitrogens is 1. The van der Waals surface area contributed by atoms with E-state index in [-0.39, 0.29) is 17.9 Å². The summed E-state index contributed by atoms with van der Waals surface area (Å²) < 4.78 is 5.51. The molecular formula is C29H28N2O4. The summed E-state index contributed by atoms with van der Waals surface area (Å²) in [4.78, 5) is 31.9. The van der Waals surface area contributed by atoms with Gasteiger partial charge in [0.25, 0.3) is 11.7 Å². The van der Waals surface area contributed by atoms with Gasteiger partial charge in [0.15, 0.2) is 0 Å². The molecule has 0 radical (unpaired) electrons. The van der Waals surface area contributed by atoms with Crippen molar-refractivity contribution in [1.82, 2.24) is 9.88 Å². The van der Waals surface area contributed by atoms with Crippen LogP contribution in [0.1, 0.15) is 48.1 Å². The largest absolute Gasteiger partial charge is 0.507 e. The molecule has 1 saturated heterocycles. The normalized spacial score (nSPS) is 17.1. The minimum absolute atomic E-state index is 0.0705. The van der Waals surface area contributed by atoms with Crippen molar-refractivity contribution in [2.75, 3.05) is 6.61 Å². The SMILES string of the molecule is C=CCOc1ccc(C(O)=C2C(=O)C(=O)N(Cc3ccncc3)[C@H]2c2ccc(C(C)C)cc2)cc1. The van der Waals surface area contributed by atoms with Gasteiger partial charge in [0.2, 0.25) is 0 Å². The summed E-state index contributed by atoms with van der Waals surface area (Å²) in [5.74, 6) is -0.614. The summed E-state index contributed by atoms with van der Waals surface area (Å²) in [6.45, 7) is 8.41. The maximum atomic E-state index is 13.2.